The van der Waals surface area contributed by atoms with Crippen LogP contribution < -0.4 is 4.90 Å². The van der Waals surface area contributed by atoms with E-state index in [-0.39, 0.29) is 0 Å². The van der Waals surface area contributed by atoms with Crippen molar-refractivity contribution in [3.63, 3.8) is 0 Å². The van der Waals surface area contributed by atoms with Gasteiger partial charge in [0.25, 0.3) is 0 Å². The van der Waals surface area contributed by atoms with Crippen molar-refractivity contribution in [3.05, 3.63) is 24.5 Å². The van der Waals surface area contributed by atoms with Crippen molar-refractivity contribution in [1.82, 2.24) is 4.98 Å². The van der Waals surface area contributed by atoms with Crippen LogP contribution in [-0.2, 0) is 0 Å². The molecule has 0 spiro atoms. The average Bonchev–Trinajstić information content (AvgIpc) is 2.19. The lowest BCUT2D eigenvalue weighted by Gasteiger charge is -2.22. The van der Waals surface area contributed by atoms with Crippen LogP contribution in [0.15, 0.2) is 24.5 Å². The number of rotatable bonds is 5. The van der Waals surface area contributed by atoms with Crippen molar-refractivity contribution >= 4 is 17.3 Å². The maximum absolute atomic E-state index is 5.72. The normalized spacial score (nSPS) is 10.0. The Bertz CT molecular complexity index is 220. The smallest absolute Gasteiger partial charge is 0.0399 e. The predicted molar refractivity (Wildman–Crippen MR) is 57.5 cm³/mol. The average molecular weight is 199 g/mol. The molecule has 0 unspecified atom stereocenters. The second-order valence-electron chi connectivity index (χ2n) is 2.88. The van der Waals surface area contributed by atoms with Gasteiger partial charge in [0.2, 0.25) is 0 Å². The van der Waals surface area contributed by atoms with E-state index in [1.165, 1.54) is 5.69 Å². The highest BCUT2D eigenvalue weighted by molar-refractivity contribution is 6.18. The fraction of sp³-hybridized carbons (Fsp3) is 0.500. The predicted octanol–water partition coefficient (Wildman–Crippen LogP) is 2.54. The van der Waals surface area contributed by atoms with Gasteiger partial charge in [0.05, 0.1) is 0 Å². The summed E-state index contributed by atoms with van der Waals surface area (Å²) < 4.78 is 0. The second kappa shape index (κ2) is 5.81. The summed E-state index contributed by atoms with van der Waals surface area (Å²) in [6.45, 7) is 4.12. The first-order valence-electron chi connectivity index (χ1n) is 4.59. The van der Waals surface area contributed by atoms with E-state index in [1.807, 2.05) is 24.5 Å². The molecule has 1 rings (SSSR count). The van der Waals surface area contributed by atoms with Crippen molar-refractivity contribution in [1.29, 1.82) is 0 Å². The quantitative estimate of drug-likeness (QED) is 0.676. The topological polar surface area (TPSA) is 16.1 Å². The van der Waals surface area contributed by atoms with E-state index in [9.17, 15) is 0 Å². The molecule has 1 aromatic heterocycles. The molecule has 0 aromatic carbocycles. The molecule has 0 saturated heterocycles. The Balaban J connectivity index is 2.64. The van der Waals surface area contributed by atoms with E-state index in [2.05, 4.69) is 16.8 Å². The number of hydrogen-bond acceptors (Lipinski definition) is 2. The van der Waals surface area contributed by atoms with Crippen LogP contribution in [0.4, 0.5) is 5.69 Å². The molecule has 0 atom stereocenters. The van der Waals surface area contributed by atoms with Crippen LogP contribution in [0.3, 0.4) is 0 Å². The number of hydrogen-bond donors (Lipinski definition) is 0. The first-order chi connectivity index (χ1) is 6.38. The molecule has 72 valence electrons. The molecule has 3 heteroatoms. The van der Waals surface area contributed by atoms with Gasteiger partial charge in [0.15, 0.2) is 0 Å². The summed E-state index contributed by atoms with van der Waals surface area (Å²) in [4.78, 5) is 6.26. The Morgan fingerprint density at radius 3 is 2.54 bits per heavy atom. The number of nitrogens with zero attached hydrogens (tertiary/aromatic N) is 2. The van der Waals surface area contributed by atoms with Gasteiger partial charge < -0.3 is 4.90 Å². The Kier molecular flexibility index (Phi) is 4.61. The summed E-state index contributed by atoms with van der Waals surface area (Å²) in [5, 5.41) is 0. The summed E-state index contributed by atoms with van der Waals surface area (Å²) in [6, 6.07) is 4.03. The molecule has 0 radical (unpaired) electrons. The van der Waals surface area contributed by atoms with Crippen LogP contribution in [0.2, 0.25) is 0 Å². The maximum Gasteiger partial charge on any atom is 0.0399 e. The minimum Gasteiger partial charge on any atom is -0.370 e. The van der Waals surface area contributed by atoms with E-state index in [1.54, 1.807) is 0 Å². The fourth-order valence-corrected chi connectivity index (χ4v) is 1.50. The largest absolute Gasteiger partial charge is 0.370 e. The molecule has 1 aromatic rings. The number of aromatic nitrogens is 1. The number of alkyl halides is 1. The first kappa shape index (κ1) is 10.3. The van der Waals surface area contributed by atoms with Crippen molar-refractivity contribution in [2.75, 3.05) is 23.9 Å². The summed E-state index contributed by atoms with van der Waals surface area (Å²) in [5.41, 5.74) is 1.21. The Labute approximate surface area is 84.5 Å². The molecule has 0 bridgehead atoms. The minimum absolute atomic E-state index is 0.669. The first-order valence-corrected chi connectivity index (χ1v) is 5.13. The maximum atomic E-state index is 5.72. The van der Waals surface area contributed by atoms with Crippen molar-refractivity contribution < 1.29 is 0 Å². The van der Waals surface area contributed by atoms with E-state index in [0.29, 0.717) is 5.88 Å². The zero-order valence-corrected chi connectivity index (χ0v) is 8.67. The highest BCUT2D eigenvalue weighted by Gasteiger charge is 2.02. The zero-order chi connectivity index (χ0) is 9.52. The van der Waals surface area contributed by atoms with Gasteiger partial charge >= 0.3 is 0 Å². The summed E-state index contributed by atoms with van der Waals surface area (Å²) in [7, 11) is 0. The van der Waals surface area contributed by atoms with Crippen molar-refractivity contribution in [3.8, 4) is 0 Å². The molecule has 0 amide bonds. The van der Waals surface area contributed by atoms with Crippen molar-refractivity contribution in [2.45, 2.75) is 13.3 Å². The third-order valence-corrected chi connectivity index (χ3v) is 2.04. The van der Waals surface area contributed by atoms with Crippen LogP contribution in [-0.4, -0.2) is 24.0 Å². The van der Waals surface area contributed by atoms with Crippen LogP contribution >= 0.6 is 11.6 Å². The Hall–Kier alpha value is -0.760. The van der Waals surface area contributed by atoms with Crippen molar-refractivity contribution in [2.24, 2.45) is 0 Å². The Morgan fingerprint density at radius 2 is 2.00 bits per heavy atom. The van der Waals surface area contributed by atoms with Crippen LogP contribution in [0.5, 0.6) is 0 Å². The molecule has 2 nitrogen and oxygen atoms in total. The zero-order valence-electron chi connectivity index (χ0n) is 7.91. The highest BCUT2D eigenvalue weighted by atomic mass is 35.5. The summed E-state index contributed by atoms with van der Waals surface area (Å²) in [6.07, 6.45) is 4.76. The molecule has 0 saturated carbocycles. The highest BCUT2D eigenvalue weighted by Crippen LogP contribution is 2.12. The molecule has 0 N–H and O–H groups in total. The van der Waals surface area contributed by atoms with E-state index < -0.39 is 0 Å². The molecule has 0 aliphatic heterocycles. The van der Waals surface area contributed by atoms with Crippen LogP contribution in [0.25, 0.3) is 0 Å². The number of pyridine rings is 1. The molecule has 13 heavy (non-hydrogen) atoms. The molecule has 0 fully saturated rings. The molecule has 1 heterocycles. The second-order valence-corrected chi connectivity index (χ2v) is 3.26. The van der Waals surface area contributed by atoms with Gasteiger partial charge in [0, 0.05) is 37.1 Å². The van der Waals surface area contributed by atoms with Gasteiger partial charge in [-0.3, -0.25) is 4.98 Å². The monoisotopic (exact) mass is 198 g/mol. The molecular weight excluding hydrogens is 184 g/mol. The standard InChI is InChI=1S/C10H15ClN2/c1-2-8-13(9-5-11)10-3-6-12-7-4-10/h3-4,6-7H,2,5,8-9H2,1H3. The molecular formula is C10H15ClN2. The number of anilines is 1. The Morgan fingerprint density at radius 1 is 1.31 bits per heavy atom. The van der Waals surface area contributed by atoms with Gasteiger partial charge in [-0.15, -0.1) is 11.6 Å². The lowest BCUT2D eigenvalue weighted by molar-refractivity contribution is 0.793. The van der Waals surface area contributed by atoms with E-state index >= 15 is 0 Å². The van der Waals surface area contributed by atoms with E-state index in [0.717, 1.165) is 19.5 Å². The van der Waals surface area contributed by atoms with Gasteiger partial charge in [-0.25, -0.2) is 0 Å². The third-order valence-electron chi connectivity index (χ3n) is 1.88. The molecule has 0 aliphatic carbocycles. The lowest BCUT2D eigenvalue weighted by Crippen LogP contribution is -2.26. The lowest BCUT2D eigenvalue weighted by atomic mass is 10.3. The van der Waals surface area contributed by atoms with Crippen LogP contribution in [0.1, 0.15) is 13.3 Å². The number of halogens is 1. The van der Waals surface area contributed by atoms with Gasteiger partial charge in [-0.1, -0.05) is 6.92 Å². The SMILES string of the molecule is CCCN(CCCl)c1ccncc1. The van der Waals surface area contributed by atoms with Gasteiger partial charge in [-0.2, -0.15) is 0 Å². The third kappa shape index (κ3) is 3.23. The molecule has 0 aliphatic rings. The minimum atomic E-state index is 0.669. The summed E-state index contributed by atoms with van der Waals surface area (Å²) in [5.74, 6) is 0.669. The van der Waals surface area contributed by atoms with Gasteiger partial charge in [-0.05, 0) is 18.6 Å². The van der Waals surface area contributed by atoms with E-state index in [4.69, 9.17) is 11.6 Å². The fourth-order valence-electron chi connectivity index (χ4n) is 1.30. The summed E-state index contributed by atoms with van der Waals surface area (Å²) >= 11 is 5.72. The van der Waals surface area contributed by atoms with Gasteiger partial charge in [0.1, 0.15) is 0 Å². The van der Waals surface area contributed by atoms with Crippen LogP contribution in [0, 0.1) is 0 Å².